The van der Waals surface area contributed by atoms with Gasteiger partial charge in [0.05, 0.1) is 0 Å². The van der Waals surface area contributed by atoms with Crippen molar-refractivity contribution in [1.29, 1.82) is 0 Å². The summed E-state index contributed by atoms with van der Waals surface area (Å²) >= 11 is 61.0. The van der Waals surface area contributed by atoms with Gasteiger partial charge in [-0.1, -0.05) is 116 Å². The zero-order valence-corrected chi connectivity index (χ0v) is 15.4. The minimum atomic E-state index is -3.00. The molecule has 0 aromatic carbocycles. The van der Waals surface area contributed by atoms with E-state index in [9.17, 15) is 5.11 Å². The van der Waals surface area contributed by atoms with Crippen LogP contribution in [0, 0.1) is 0 Å². The predicted octanol–water partition coefficient (Wildman–Crippen LogP) is 6.00. The molecule has 0 spiro atoms. The van der Waals surface area contributed by atoms with Crippen LogP contribution in [0.3, 0.4) is 0 Å². The summed E-state index contributed by atoms with van der Waals surface area (Å²) in [4.78, 5) is -2.75. The first-order chi connectivity index (χ1) is 7.00. The average Bonchev–Trinajstić information content (AvgIpc) is 1.95. The van der Waals surface area contributed by atoms with E-state index >= 15 is 0 Å². The van der Waals surface area contributed by atoms with Crippen molar-refractivity contribution in [3.8, 4) is 0 Å². The number of aliphatic hydroxyl groups is 1. The molecule has 0 aromatic heterocycles. The summed E-state index contributed by atoms with van der Waals surface area (Å²) in [7, 11) is 0. The molecule has 0 bridgehead atoms. The summed E-state index contributed by atoms with van der Waals surface area (Å²) in [6.07, 6.45) is 0. The van der Waals surface area contributed by atoms with Gasteiger partial charge in [0.2, 0.25) is 16.4 Å². The van der Waals surface area contributed by atoms with E-state index in [1.807, 2.05) is 0 Å². The molecule has 0 aliphatic carbocycles. The Morgan fingerprint density at radius 2 is 0.706 bits per heavy atom. The maximum absolute atomic E-state index is 9.97. The first-order valence-electron chi connectivity index (χ1n) is 3.30. The molecular formula is C5HCl11O. The maximum atomic E-state index is 9.97. The van der Waals surface area contributed by atoms with E-state index in [1.165, 1.54) is 0 Å². The van der Waals surface area contributed by atoms with Crippen LogP contribution in [-0.4, -0.2) is 26.4 Å². The van der Waals surface area contributed by atoms with Gasteiger partial charge in [-0.05, 0) is 0 Å². The number of hydrogen-bond acceptors (Lipinski definition) is 1. The summed E-state index contributed by atoms with van der Waals surface area (Å²) < 4.78 is -7.75. The van der Waals surface area contributed by atoms with Gasteiger partial charge in [0.15, 0.2) is 4.87 Å². The second-order valence-corrected chi connectivity index (χ2v) is 10.7. The van der Waals surface area contributed by atoms with Crippen LogP contribution >= 0.6 is 128 Å². The molecule has 0 fully saturated rings. The van der Waals surface area contributed by atoms with Crippen molar-refractivity contribution in [2.45, 2.75) is 21.3 Å². The zero-order chi connectivity index (χ0) is 14.5. The molecular weight excluding hydrogens is 466 g/mol. The monoisotopic (exact) mass is 462 g/mol. The van der Waals surface area contributed by atoms with E-state index in [2.05, 4.69) is 0 Å². The van der Waals surface area contributed by atoms with Crippen molar-refractivity contribution in [2.75, 3.05) is 0 Å². The van der Waals surface area contributed by atoms with Gasteiger partial charge in [-0.25, -0.2) is 0 Å². The van der Waals surface area contributed by atoms with Crippen molar-refractivity contribution < 1.29 is 5.11 Å². The van der Waals surface area contributed by atoms with Gasteiger partial charge in [-0.2, -0.15) is 0 Å². The Labute approximate surface area is 152 Å². The molecule has 0 saturated carbocycles. The van der Waals surface area contributed by atoms with Crippen molar-refractivity contribution >= 4 is 128 Å². The Kier molecular flexibility index (Phi) is 6.80. The maximum Gasteiger partial charge on any atom is 0.234 e. The van der Waals surface area contributed by atoms with Gasteiger partial charge in [0.25, 0.3) is 0 Å². The van der Waals surface area contributed by atoms with Crippen LogP contribution < -0.4 is 0 Å². The van der Waals surface area contributed by atoms with Gasteiger partial charge in [-0.3, -0.25) is 0 Å². The summed E-state index contributed by atoms with van der Waals surface area (Å²) in [6, 6.07) is 0. The highest BCUT2D eigenvalue weighted by molar-refractivity contribution is 6.80. The Morgan fingerprint density at radius 1 is 0.471 bits per heavy atom. The van der Waals surface area contributed by atoms with E-state index in [-0.39, 0.29) is 0 Å². The van der Waals surface area contributed by atoms with Crippen molar-refractivity contribution in [2.24, 2.45) is 0 Å². The summed E-state index contributed by atoms with van der Waals surface area (Å²) in [6.45, 7) is 0. The Bertz CT molecular complexity index is 266. The number of hydrogen-bond donors (Lipinski definition) is 1. The molecule has 0 aliphatic rings. The third-order valence-electron chi connectivity index (χ3n) is 1.61. The van der Waals surface area contributed by atoms with Crippen LogP contribution in [0.5, 0.6) is 0 Å². The second-order valence-electron chi connectivity index (χ2n) is 2.77. The highest BCUT2D eigenvalue weighted by Gasteiger charge is 2.76. The normalized spacial score (nSPS) is 19.1. The van der Waals surface area contributed by atoms with Gasteiger partial charge < -0.3 is 5.11 Å². The first-order valence-corrected chi connectivity index (χ1v) is 7.46. The van der Waals surface area contributed by atoms with E-state index in [0.29, 0.717) is 0 Å². The Balaban J connectivity index is 6.04. The van der Waals surface area contributed by atoms with Crippen molar-refractivity contribution in [3.63, 3.8) is 0 Å². The SMILES string of the molecule is OC(Cl)(C(Cl)(Cl)Cl)C(Cl)(C(Cl)(Cl)Cl)C(Cl)(Cl)Cl. The molecule has 17 heavy (non-hydrogen) atoms. The van der Waals surface area contributed by atoms with Crippen molar-refractivity contribution in [1.82, 2.24) is 0 Å². The minimum absolute atomic E-state index is 2.57. The molecule has 1 atom stereocenters. The number of alkyl halides is 11. The Morgan fingerprint density at radius 3 is 0.765 bits per heavy atom. The third kappa shape index (κ3) is 3.67. The van der Waals surface area contributed by atoms with E-state index in [4.69, 9.17) is 128 Å². The van der Waals surface area contributed by atoms with Crippen LogP contribution in [0.1, 0.15) is 0 Å². The van der Waals surface area contributed by atoms with Crippen LogP contribution in [-0.2, 0) is 0 Å². The molecule has 12 heteroatoms. The van der Waals surface area contributed by atoms with Gasteiger partial charge >= 0.3 is 0 Å². The molecule has 104 valence electrons. The van der Waals surface area contributed by atoms with Gasteiger partial charge in [0.1, 0.15) is 0 Å². The van der Waals surface area contributed by atoms with Crippen LogP contribution in [0.2, 0.25) is 0 Å². The summed E-state index contributed by atoms with van der Waals surface area (Å²) in [5.41, 5.74) is 0. The fraction of sp³-hybridized carbons (Fsp3) is 1.00. The topological polar surface area (TPSA) is 20.2 Å². The zero-order valence-electron chi connectivity index (χ0n) is 7.10. The summed E-state index contributed by atoms with van der Waals surface area (Å²) in [5.74, 6) is 0. The smallest absolute Gasteiger partial charge is 0.234 e. The van der Waals surface area contributed by atoms with Gasteiger partial charge in [0, 0.05) is 0 Å². The van der Waals surface area contributed by atoms with Crippen LogP contribution in [0.25, 0.3) is 0 Å². The van der Waals surface area contributed by atoms with Gasteiger partial charge in [-0.15, -0.1) is 11.6 Å². The molecule has 1 nitrogen and oxygen atoms in total. The highest BCUT2D eigenvalue weighted by Crippen LogP contribution is 2.65. The largest absolute Gasteiger partial charge is 0.369 e. The van der Waals surface area contributed by atoms with E-state index in [0.717, 1.165) is 0 Å². The highest BCUT2D eigenvalue weighted by atomic mass is 35.6. The lowest BCUT2D eigenvalue weighted by Crippen LogP contribution is -2.67. The molecule has 1 N–H and O–H groups in total. The average molecular weight is 467 g/mol. The molecule has 0 radical (unpaired) electrons. The minimum Gasteiger partial charge on any atom is -0.369 e. The molecule has 0 aliphatic heterocycles. The molecule has 1 unspecified atom stereocenters. The fourth-order valence-corrected chi connectivity index (χ4v) is 4.12. The van der Waals surface area contributed by atoms with Crippen molar-refractivity contribution in [3.05, 3.63) is 0 Å². The number of halogens is 11. The van der Waals surface area contributed by atoms with Crippen LogP contribution in [0.4, 0.5) is 0 Å². The third-order valence-corrected chi connectivity index (χ3v) is 6.51. The lowest BCUT2D eigenvalue weighted by Gasteiger charge is -2.49. The molecule has 0 aromatic rings. The lowest BCUT2D eigenvalue weighted by molar-refractivity contribution is 0.0849. The molecule has 0 amide bonds. The second kappa shape index (κ2) is 5.74. The fourth-order valence-electron chi connectivity index (χ4n) is 0.732. The molecule has 0 heterocycles. The predicted molar refractivity (Wildman–Crippen MR) is 80.3 cm³/mol. The van der Waals surface area contributed by atoms with E-state index < -0.39 is 21.3 Å². The van der Waals surface area contributed by atoms with E-state index in [1.54, 1.807) is 0 Å². The van der Waals surface area contributed by atoms with Crippen LogP contribution in [0.15, 0.2) is 0 Å². The quantitative estimate of drug-likeness (QED) is 0.470. The standard InChI is InChI=1S/C5HCl11O/c6-1(3(8,9)10,4(11,12)13)2(7,17)5(14,15)16/h17H. The molecule has 0 saturated heterocycles. The Hall–Kier alpha value is 3.15. The first kappa shape index (κ1) is 20.1. The number of rotatable bonds is 1. The summed E-state index contributed by atoms with van der Waals surface area (Å²) in [5, 5.41) is 6.97. The molecule has 0 rings (SSSR count). The lowest BCUT2D eigenvalue weighted by atomic mass is 10.1.